The van der Waals surface area contributed by atoms with E-state index in [2.05, 4.69) is 37.0 Å². The van der Waals surface area contributed by atoms with Gasteiger partial charge in [0.25, 0.3) is 0 Å². The van der Waals surface area contributed by atoms with Gasteiger partial charge in [-0.15, -0.1) is 5.10 Å². The van der Waals surface area contributed by atoms with Crippen LogP contribution in [0.2, 0.25) is 0 Å². The molecule has 0 spiro atoms. The summed E-state index contributed by atoms with van der Waals surface area (Å²) < 4.78 is 18.4. The van der Waals surface area contributed by atoms with Gasteiger partial charge >= 0.3 is 0 Å². The van der Waals surface area contributed by atoms with Crippen LogP contribution in [-0.4, -0.2) is 31.0 Å². The topological polar surface area (TPSA) is 60.4 Å². The van der Waals surface area contributed by atoms with Crippen molar-refractivity contribution in [3.8, 4) is 11.5 Å². The van der Waals surface area contributed by atoms with Gasteiger partial charge in [0.1, 0.15) is 11.5 Å². The third-order valence-corrected chi connectivity index (χ3v) is 4.92. The summed E-state index contributed by atoms with van der Waals surface area (Å²) in [5.74, 6) is 1.27. The Morgan fingerprint density at radius 1 is 1.15 bits per heavy atom. The predicted molar refractivity (Wildman–Crippen MR) is 104 cm³/mol. The van der Waals surface area contributed by atoms with E-state index in [4.69, 9.17) is 14.2 Å². The summed E-state index contributed by atoms with van der Waals surface area (Å²) in [5.41, 5.74) is 1.42. The van der Waals surface area contributed by atoms with Crippen LogP contribution in [0, 0.1) is 0 Å². The minimum absolute atomic E-state index is 0.242. The molecule has 0 aromatic heterocycles. The van der Waals surface area contributed by atoms with Crippen LogP contribution in [-0.2, 0) is 9.53 Å². The Labute approximate surface area is 168 Å². The SMILES string of the molecule is COc1cc(OC)c([C@@H]2OC(c3cccc(Br)c3)=NN2C(C)=O)cc1Br. The molecule has 3 rings (SSSR count). The van der Waals surface area contributed by atoms with E-state index < -0.39 is 6.23 Å². The zero-order chi connectivity index (χ0) is 18.8. The van der Waals surface area contributed by atoms with Crippen molar-refractivity contribution in [3.63, 3.8) is 0 Å². The van der Waals surface area contributed by atoms with Gasteiger partial charge in [-0.1, -0.05) is 22.0 Å². The van der Waals surface area contributed by atoms with E-state index in [9.17, 15) is 4.79 Å². The minimum Gasteiger partial charge on any atom is -0.496 e. The number of ether oxygens (including phenoxy) is 3. The molecule has 1 aliphatic rings. The lowest BCUT2D eigenvalue weighted by molar-refractivity contribution is -0.135. The Balaban J connectivity index is 2.03. The van der Waals surface area contributed by atoms with Crippen LogP contribution < -0.4 is 9.47 Å². The molecule has 0 aliphatic carbocycles. The normalized spacial score (nSPS) is 16.1. The maximum atomic E-state index is 12.1. The van der Waals surface area contributed by atoms with E-state index in [0.29, 0.717) is 23.0 Å². The van der Waals surface area contributed by atoms with Crippen LogP contribution in [0.15, 0.2) is 50.4 Å². The molecule has 6 nitrogen and oxygen atoms in total. The molecule has 0 saturated heterocycles. The molecular weight excluding hydrogens is 468 g/mol. The summed E-state index contributed by atoms with van der Waals surface area (Å²) in [5, 5.41) is 5.66. The fourth-order valence-electron chi connectivity index (χ4n) is 2.58. The molecule has 0 bridgehead atoms. The standard InChI is InChI=1S/C18H16Br2N2O4/c1-10(23)22-18(13-8-14(20)16(25-3)9-15(13)24-2)26-17(21-22)11-5-4-6-12(19)7-11/h4-9,18H,1-3H3/t18-/m0/s1. The molecule has 1 heterocycles. The lowest BCUT2D eigenvalue weighted by Crippen LogP contribution is -2.25. The average Bonchev–Trinajstić information content (AvgIpc) is 3.07. The highest BCUT2D eigenvalue weighted by Crippen LogP contribution is 2.40. The fourth-order valence-corrected chi connectivity index (χ4v) is 3.51. The van der Waals surface area contributed by atoms with E-state index in [1.165, 1.54) is 11.9 Å². The summed E-state index contributed by atoms with van der Waals surface area (Å²) in [7, 11) is 3.12. The smallest absolute Gasteiger partial charge is 0.243 e. The lowest BCUT2D eigenvalue weighted by atomic mass is 10.1. The number of hydrazone groups is 1. The maximum Gasteiger partial charge on any atom is 0.243 e. The number of carbonyl (C=O) groups excluding carboxylic acids is 1. The van der Waals surface area contributed by atoms with Crippen molar-refractivity contribution in [2.75, 3.05) is 14.2 Å². The van der Waals surface area contributed by atoms with Gasteiger partial charge in [0.2, 0.25) is 18.0 Å². The number of benzene rings is 2. The second-order valence-corrected chi connectivity index (χ2v) is 7.25. The number of halogens is 2. The summed E-state index contributed by atoms with van der Waals surface area (Å²) in [6.45, 7) is 1.44. The molecule has 0 fully saturated rings. The van der Waals surface area contributed by atoms with Gasteiger partial charge < -0.3 is 14.2 Å². The Morgan fingerprint density at radius 3 is 2.50 bits per heavy atom. The Kier molecular flexibility index (Phi) is 5.52. The highest BCUT2D eigenvalue weighted by atomic mass is 79.9. The molecule has 0 saturated carbocycles. The molecule has 1 atom stereocenters. The van der Waals surface area contributed by atoms with Crippen LogP contribution in [0.3, 0.4) is 0 Å². The Hall–Kier alpha value is -2.06. The van der Waals surface area contributed by atoms with E-state index in [0.717, 1.165) is 14.5 Å². The fraction of sp³-hybridized carbons (Fsp3) is 0.222. The number of hydrogen-bond donors (Lipinski definition) is 0. The average molecular weight is 484 g/mol. The first-order chi connectivity index (χ1) is 12.4. The zero-order valence-electron chi connectivity index (χ0n) is 14.3. The van der Waals surface area contributed by atoms with Crippen LogP contribution in [0.1, 0.15) is 24.3 Å². The van der Waals surface area contributed by atoms with Crippen LogP contribution >= 0.6 is 31.9 Å². The van der Waals surface area contributed by atoms with Gasteiger partial charge in [-0.05, 0) is 40.2 Å². The molecule has 0 unspecified atom stereocenters. The second-order valence-electron chi connectivity index (χ2n) is 5.48. The number of carbonyl (C=O) groups is 1. The molecule has 2 aromatic rings. The molecule has 1 aliphatic heterocycles. The van der Waals surface area contributed by atoms with Crippen molar-refractivity contribution < 1.29 is 19.0 Å². The molecule has 1 amide bonds. The van der Waals surface area contributed by atoms with Gasteiger partial charge in [0.05, 0.1) is 24.3 Å². The van der Waals surface area contributed by atoms with Gasteiger partial charge in [-0.25, -0.2) is 0 Å². The molecule has 26 heavy (non-hydrogen) atoms. The highest BCUT2D eigenvalue weighted by Gasteiger charge is 2.35. The number of amides is 1. The summed E-state index contributed by atoms with van der Waals surface area (Å²) in [6.07, 6.45) is -0.737. The van der Waals surface area contributed by atoms with Crippen LogP contribution in [0.5, 0.6) is 11.5 Å². The predicted octanol–water partition coefficient (Wildman–Crippen LogP) is 4.47. The van der Waals surface area contributed by atoms with Gasteiger partial charge in [-0.3, -0.25) is 4.79 Å². The molecule has 2 aromatic carbocycles. The molecule has 136 valence electrons. The van der Waals surface area contributed by atoms with Crippen molar-refractivity contribution in [3.05, 3.63) is 56.5 Å². The monoisotopic (exact) mass is 482 g/mol. The third kappa shape index (κ3) is 3.57. The van der Waals surface area contributed by atoms with Gasteiger partial charge in [0.15, 0.2) is 0 Å². The maximum absolute atomic E-state index is 12.1. The highest BCUT2D eigenvalue weighted by molar-refractivity contribution is 9.10. The van der Waals surface area contributed by atoms with Crippen molar-refractivity contribution in [2.45, 2.75) is 13.2 Å². The molecular formula is C18H16Br2N2O4. The first kappa shape index (κ1) is 18.7. The number of rotatable bonds is 4. The van der Waals surface area contributed by atoms with Crippen molar-refractivity contribution in [2.24, 2.45) is 5.10 Å². The quantitative estimate of drug-likeness (QED) is 0.643. The summed E-state index contributed by atoms with van der Waals surface area (Å²) in [6, 6.07) is 11.1. The number of nitrogens with zero attached hydrogens (tertiary/aromatic N) is 2. The van der Waals surface area contributed by atoms with Crippen molar-refractivity contribution in [1.82, 2.24) is 5.01 Å². The zero-order valence-corrected chi connectivity index (χ0v) is 17.5. The molecule has 8 heteroatoms. The molecule has 0 radical (unpaired) electrons. The van der Waals surface area contributed by atoms with Crippen molar-refractivity contribution in [1.29, 1.82) is 0 Å². The third-order valence-electron chi connectivity index (χ3n) is 3.81. The van der Waals surface area contributed by atoms with E-state index >= 15 is 0 Å². The van der Waals surface area contributed by atoms with Crippen LogP contribution in [0.25, 0.3) is 0 Å². The van der Waals surface area contributed by atoms with Crippen molar-refractivity contribution >= 4 is 43.7 Å². The van der Waals surface area contributed by atoms with E-state index in [1.807, 2.05) is 24.3 Å². The Bertz CT molecular complexity index is 885. The molecule has 0 N–H and O–H groups in total. The number of hydrogen-bond acceptors (Lipinski definition) is 5. The second kappa shape index (κ2) is 7.67. The van der Waals surface area contributed by atoms with Crippen LogP contribution in [0.4, 0.5) is 0 Å². The van der Waals surface area contributed by atoms with E-state index in [-0.39, 0.29) is 5.91 Å². The minimum atomic E-state index is -0.737. The summed E-state index contributed by atoms with van der Waals surface area (Å²) >= 11 is 6.89. The van der Waals surface area contributed by atoms with Gasteiger partial charge in [-0.2, -0.15) is 5.01 Å². The number of methoxy groups -OCH3 is 2. The van der Waals surface area contributed by atoms with Gasteiger partial charge in [0, 0.05) is 23.0 Å². The first-order valence-corrected chi connectivity index (χ1v) is 9.25. The first-order valence-electron chi connectivity index (χ1n) is 7.67. The lowest BCUT2D eigenvalue weighted by Gasteiger charge is -2.22. The summed E-state index contributed by atoms with van der Waals surface area (Å²) in [4.78, 5) is 12.1. The van der Waals surface area contributed by atoms with E-state index in [1.54, 1.807) is 26.4 Å². The largest absolute Gasteiger partial charge is 0.496 e. The Morgan fingerprint density at radius 2 is 1.88 bits per heavy atom.